The second kappa shape index (κ2) is 8.89. The van der Waals surface area contributed by atoms with Gasteiger partial charge in [0.1, 0.15) is 11.6 Å². The summed E-state index contributed by atoms with van der Waals surface area (Å²) in [6, 6.07) is 11.8. The van der Waals surface area contributed by atoms with Crippen LogP contribution in [0.3, 0.4) is 0 Å². The van der Waals surface area contributed by atoms with E-state index in [4.69, 9.17) is 15.9 Å². The highest BCUT2D eigenvalue weighted by Gasteiger charge is 2.39. The lowest BCUT2D eigenvalue weighted by Crippen LogP contribution is -2.55. The van der Waals surface area contributed by atoms with Gasteiger partial charge in [-0.25, -0.2) is 0 Å². The number of ketones is 1. The standard InChI is InChI=1S/C23H24N4O5/c24-21(25)14-1-5-16(6-2-14)26-22(30)19(29)20-23(31)27(9-10-32-20)17-7-3-13-4-8-18(28)12-15(13)11-17/h1-3,5-7,11,19-20,29H,4,8-10,12H2,(H3,24,25)(H,26,30)/t19-,20-/m1/s1. The quantitative estimate of drug-likeness (QED) is 0.402. The summed E-state index contributed by atoms with van der Waals surface area (Å²) >= 11 is 0. The van der Waals surface area contributed by atoms with Crippen molar-refractivity contribution >= 4 is 34.8 Å². The molecule has 2 aromatic rings. The van der Waals surface area contributed by atoms with Crippen LogP contribution in [0.4, 0.5) is 11.4 Å². The number of nitrogen functional groups attached to an aromatic ring is 1. The highest BCUT2D eigenvalue weighted by Crippen LogP contribution is 2.27. The molecule has 1 aliphatic carbocycles. The molecule has 0 saturated carbocycles. The van der Waals surface area contributed by atoms with Crippen LogP contribution in [0, 0.1) is 5.41 Å². The van der Waals surface area contributed by atoms with Gasteiger partial charge in [-0.3, -0.25) is 19.8 Å². The molecule has 1 heterocycles. The number of nitrogens with two attached hydrogens (primary N) is 1. The molecule has 2 atom stereocenters. The number of morpholine rings is 1. The van der Waals surface area contributed by atoms with Gasteiger partial charge in [0, 0.05) is 36.3 Å². The van der Waals surface area contributed by atoms with Crippen LogP contribution >= 0.6 is 0 Å². The molecule has 1 fully saturated rings. The van der Waals surface area contributed by atoms with Gasteiger partial charge in [-0.1, -0.05) is 6.07 Å². The van der Waals surface area contributed by atoms with Gasteiger partial charge in [-0.15, -0.1) is 0 Å². The third-order valence-electron chi connectivity index (χ3n) is 5.70. The summed E-state index contributed by atoms with van der Waals surface area (Å²) in [6.45, 7) is 0.437. The van der Waals surface area contributed by atoms with Gasteiger partial charge in [0.05, 0.1) is 6.61 Å². The number of hydrogen-bond donors (Lipinski definition) is 4. The fourth-order valence-corrected chi connectivity index (χ4v) is 3.94. The topological polar surface area (TPSA) is 146 Å². The fraction of sp³-hybridized carbons (Fsp3) is 0.304. The highest BCUT2D eigenvalue weighted by atomic mass is 16.5. The van der Waals surface area contributed by atoms with Gasteiger partial charge in [0.25, 0.3) is 11.8 Å². The molecule has 9 nitrogen and oxygen atoms in total. The maximum absolute atomic E-state index is 13.0. The smallest absolute Gasteiger partial charge is 0.259 e. The van der Waals surface area contributed by atoms with Crippen LogP contribution in [0.15, 0.2) is 42.5 Å². The number of nitrogens with zero attached hydrogens (tertiary/aromatic N) is 1. The molecule has 2 amide bonds. The Morgan fingerprint density at radius 1 is 1.16 bits per heavy atom. The number of carbonyl (C=O) groups is 3. The number of aliphatic hydroxyl groups is 1. The summed E-state index contributed by atoms with van der Waals surface area (Å²) in [6.07, 6.45) is -1.49. The maximum Gasteiger partial charge on any atom is 0.259 e. The van der Waals surface area contributed by atoms with E-state index in [0.717, 1.165) is 11.1 Å². The molecule has 0 aromatic heterocycles. The normalized spacial score (nSPS) is 19.3. The molecule has 5 N–H and O–H groups in total. The first-order valence-electron chi connectivity index (χ1n) is 10.3. The van der Waals surface area contributed by atoms with Crippen LogP contribution < -0.4 is 16.0 Å². The number of anilines is 2. The highest BCUT2D eigenvalue weighted by molar-refractivity contribution is 6.04. The number of carbonyl (C=O) groups excluding carboxylic acids is 3. The van der Waals surface area contributed by atoms with Gasteiger partial charge >= 0.3 is 0 Å². The van der Waals surface area contributed by atoms with Gasteiger partial charge < -0.3 is 25.8 Å². The molecule has 1 aliphatic heterocycles. The van der Waals surface area contributed by atoms with Crippen molar-refractivity contribution < 1.29 is 24.2 Å². The zero-order valence-electron chi connectivity index (χ0n) is 17.3. The van der Waals surface area contributed by atoms with E-state index >= 15 is 0 Å². The SMILES string of the molecule is N=C(N)c1ccc(NC(=O)[C@H](O)[C@H]2OCCN(c3ccc4c(c3)CC(=O)CC4)C2=O)cc1. The number of aryl methyl sites for hydroxylation is 1. The van der Waals surface area contributed by atoms with Crippen LogP contribution in [-0.2, 0) is 32.0 Å². The average Bonchev–Trinajstić information content (AvgIpc) is 2.78. The summed E-state index contributed by atoms with van der Waals surface area (Å²) < 4.78 is 5.44. The summed E-state index contributed by atoms with van der Waals surface area (Å²) in [5, 5.41) is 20.5. The molecule has 0 spiro atoms. The predicted molar refractivity (Wildman–Crippen MR) is 118 cm³/mol. The number of ether oxygens (including phenoxy) is 1. The number of benzene rings is 2. The third kappa shape index (κ3) is 4.39. The Hall–Kier alpha value is -3.56. The number of Topliss-reactive ketones (excluding diaryl/α,β-unsaturated/α-hetero) is 1. The van der Waals surface area contributed by atoms with Gasteiger partial charge in [-0.05, 0) is 53.9 Å². The summed E-state index contributed by atoms with van der Waals surface area (Å²) in [5.74, 6) is -1.23. The first-order valence-corrected chi connectivity index (χ1v) is 10.3. The van der Waals surface area contributed by atoms with Gasteiger partial charge in [-0.2, -0.15) is 0 Å². The van der Waals surface area contributed by atoms with Crippen LogP contribution in [0.2, 0.25) is 0 Å². The Kier molecular flexibility index (Phi) is 6.02. The minimum Gasteiger partial charge on any atom is -0.384 e. The number of rotatable bonds is 5. The summed E-state index contributed by atoms with van der Waals surface area (Å²) in [5.41, 5.74) is 8.91. The molecule has 166 valence electrons. The second-order valence-electron chi connectivity index (χ2n) is 7.87. The molecule has 0 radical (unpaired) electrons. The molecular formula is C23H24N4O5. The number of amides is 2. The first-order chi connectivity index (χ1) is 15.3. The Morgan fingerprint density at radius 2 is 1.91 bits per heavy atom. The Morgan fingerprint density at radius 3 is 2.62 bits per heavy atom. The molecule has 4 rings (SSSR count). The molecule has 32 heavy (non-hydrogen) atoms. The van der Waals surface area contributed by atoms with Crippen LogP contribution in [0.25, 0.3) is 0 Å². The number of fused-ring (bicyclic) bond motifs is 1. The zero-order valence-corrected chi connectivity index (χ0v) is 17.3. The van der Waals surface area contributed by atoms with Crippen molar-refractivity contribution in [3.63, 3.8) is 0 Å². The fourth-order valence-electron chi connectivity index (χ4n) is 3.94. The van der Waals surface area contributed by atoms with Crippen molar-refractivity contribution in [2.75, 3.05) is 23.4 Å². The Labute approximate surface area is 184 Å². The van der Waals surface area contributed by atoms with Crippen molar-refractivity contribution in [1.82, 2.24) is 0 Å². The molecule has 2 aromatic carbocycles. The van der Waals surface area contributed by atoms with Gasteiger partial charge in [0.15, 0.2) is 12.2 Å². The maximum atomic E-state index is 13.0. The van der Waals surface area contributed by atoms with Gasteiger partial charge in [0.2, 0.25) is 0 Å². The third-order valence-corrected chi connectivity index (χ3v) is 5.70. The summed E-state index contributed by atoms with van der Waals surface area (Å²) in [7, 11) is 0. The largest absolute Gasteiger partial charge is 0.384 e. The van der Waals surface area contributed by atoms with Crippen LogP contribution in [-0.4, -0.2) is 53.9 Å². The van der Waals surface area contributed by atoms with Crippen LogP contribution in [0.1, 0.15) is 23.1 Å². The van der Waals surface area contributed by atoms with E-state index < -0.39 is 24.0 Å². The zero-order chi connectivity index (χ0) is 22.8. The van der Waals surface area contributed by atoms with E-state index in [2.05, 4.69) is 5.32 Å². The van der Waals surface area contributed by atoms with E-state index in [9.17, 15) is 19.5 Å². The summed E-state index contributed by atoms with van der Waals surface area (Å²) in [4.78, 5) is 38.8. The van der Waals surface area contributed by atoms with Crippen molar-refractivity contribution in [2.45, 2.75) is 31.5 Å². The van der Waals surface area contributed by atoms with Crippen molar-refractivity contribution in [3.05, 3.63) is 59.2 Å². The number of amidine groups is 1. The van der Waals surface area contributed by atoms with Crippen molar-refractivity contribution in [3.8, 4) is 0 Å². The molecule has 0 unspecified atom stereocenters. The molecule has 0 bridgehead atoms. The minimum atomic E-state index is -1.71. The average molecular weight is 436 g/mol. The Balaban J connectivity index is 1.46. The lowest BCUT2D eigenvalue weighted by atomic mass is 9.90. The van der Waals surface area contributed by atoms with Crippen molar-refractivity contribution in [2.24, 2.45) is 5.73 Å². The van der Waals surface area contributed by atoms with E-state index in [1.165, 1.54) is 4.90 Å². The Bertz CT molecular complexity index is 1080. The van der Waals surface area contributed by atoms with Crippen LogP contribution in [0.5, 0.6) is 0 Å². The van der Waals surface area contributed by atoms with E-state index in [1.807, 2.05) is 18.2 Å². The lowest BCUT2D eigenvalue weighted by Gasteiger charge is -2.34. The van der Waals surface area contributed by atoms with Crippen molar-refractivity contribution in [1.29, 1.82) is 5.41 Å². The second-order valence-corrected chi connectivity index (χ2v) is 7.87. The molecular weight excluding hydrogens is 412 g/mol. The predicted octanol–water partition coefficient (Wildman–Crippen LogP) is 0.760. The monoisotopic (exact) mass is 436 g/mol. The van der Waals surface area contributed by atoms with E-state index in [1.54, 1.807) is 24.3 Å². The number of hydrogen-bond acceptors (Lipinski definition) is 6. The molecule has 9 heteroatoms. The van der Waals surface area contributed by atoms with E-state index in [0.29, 0.717) is 36.2 Å². The molecule has 2 aliphatic rings. The molecule has 1 saturated heterocycles. The van der Waals surface area contributed by atoms with E-state index in [-0.39, 0.29) is 24.8 Å². The minimum absolute atomic E-state index is 0.101. The first kappa shape index (κ1) is 21.7. The lowest BCUT2D eigenvalue weighted by molar-refractivity contribution is -0.150. The number of aliphatic hydroxyl groups excluding tert-OH is 1. The number of nitrogens with one attached hydrogen (secondary N) is 2.